The predicted octanol–water partition coefficient (Wildman–Crippen LogP) is 4.21. The van der Waals surface area contributed by atoms with Crippen LogP contribution in [0.3, 0.4) is 0 Å². The fourth-order valence-corrected chi connectivity index (χ4v) is 3.96. The van der Waals surface area contributed by atoms with Crippen molar-refractivity contribution in [3.63, 3.8) is 0 Å². The third kappa shape index (κ3) is 5.16. The molecule has 30 heavy (non-hydrogen) atoms. The number of anilines is 1. The molecule has 3 aromatic rings. The molecule has 1 N–H and O–H groups in total. The Labute approximate surface area is 179 Å². The molecule has 2 amide bonds. The SMILES string of the molecule is C#CCn1c(=NC(=O)c2cccc(OCCCC)c2)sc2cc(NC(C)=O)ccc21. The summed E-state index contributed by atoms with van der Waals surface area (Å²) in [5, 5.41) is 2.76. The average molecular weight is 422 g/mol. The molecule has 6 nitrogen and oxygen atoms in total. The second-order valence-electron chi connectivity index (χ2n) is 6.69. The van der Waals surface area contributed by atoms with E-state index in [4.69, 9.17) is 11.2 Å². The van der Waals surface area contributed by atoms with Gasteiger partial charge >= 0.3 is 0 Å². The van der Waals surface area contributed by atoms with E-state index in [-0.39, 0.29) is 18.4 Å². The Kier molecular flexibility index (Phi) is 7.04. The number of terminal acetylenes is 1. The highest BCUT2D eigenvalue weighted by atomic mass is 32.1. The molecule has 0 bridgehead atoms. The molecule has 1 heterocycles. The molecule has 0 fully saturated rings. The van der Waals surface area contributed by atoms with E-state index < -0.39 is 0 Å². The van der Waals surface area contributed by atoms with Gasteiger partial charge in [-0.25, -0.2) is 0 Å². The van der Waals surface area contributed by atoms with Crippen molar-refractivity contribution in [1.82, 2.24) is 4.57 Å². The molecule has 0 saturated carbocycles. The number of ether oxygens (including phenoxy) is 1. The van der Waals surface area contributed by atoms with Crippen molar-refractivity contribution in [2.45, 2.75) is 33.2 Å². The molecule has 0 atom stereocenters. The average Bonchev–Trinajstić information content (AvgIpc) is 3.04. The predicted molar refractivity (Wildman–Crippen MR) is 120 cm³/mol. The first-order valence-corrected chi connectivity index (χ1v) is 10.5. The number of rotatable bonds is 7. The molecule has 0 saturated heterocycles. The first kappa shape index (κ1) is 21.3. The summed E-state index contributed by atoms with van der Waals surface area (Å²) in [6, 6.07) is 12.5. The molecule has 0 aliphatic heterocycles. The Morgan fingerprint density at radius 2 is 2.10 bits per heavy atom. The molecule has 0 radical (unpaired) electrons. The lowest BCUT2D eigenvalue weighted by atomic mass is 10.2. The zero-order chi connectivity index (χ0) is 21.5. The van der Waals surface area contributed by atoms with Crippen LogP contribution in [-0.2, 0) is 11.3 Å². The third-order valence-electron chi connectivity index (χ3n) is 4.30. The third-order valence-corrected chi connectivity index (χ3v) is 5.34. The van der Waals surface area contributed by atoms with Crippen LogP contribution in [0.4, 0.5) is 5.69 Å². The lowest BCUT2D eigenvalue weighted by Gasteiger charge is -2.06. The number of amides is 2. The number of hydrogen-bond donors (Lipinski definition) is 1. The summed E-state index contributed by atoms with van der Waals surface area (Å²) in [6.45, 7) is 4.45. The van der Waals surface area contributed by atoms with Crippen molar-refractivity contribution < 1.29 is 14.3 Å². The summed E-state index contributed by atoms with van der Waals surface area (Å²) in [5.41, 5.74) is 1.99. The van der Waals surface area contributed by atoms with Crippen molar-refractivity contribution in [1.29, 1.82) is 0 Å². The van der Waals surface area contributed by atoms with E-state index in [1.807, 2.05) is 22.8 Å². The van der Waals surface area contributed by atoms with Gasteiger partial charge in [0.1, 0.15) is 5.75 Å². The van der Waals surface area contributed by atoms with E-state index in [1.165, 1.54) is 18.3 Å². The highest BCUT2D eigenvalue weighted by molar-refractivity contribution is 7.16. The number of aromatic nitrogens is 1. The van der Waals surface area contributed by atoms with Crippen LogP contribution in [0, 0.1) is 12.3 Å². The first-order chi connectivity index (χ1) is 14.5. The second kappa shape index (κ2) is 9.90. The second-order valence-corrected chi connectivity index (χ2v) is 7.69. The van der Waals surface area contributed by atoms with Gasteiger partial charge in [-0.3, -0.25) is 9.59 Å². The van der Waals surface area contributed by atoms with Gasteiger partial charge in [0.15, 0.2) is 4.80 Å². The largest absolute Gasteiger partial charge is 0.494 e. The number of benzene rings is 2. The minimum absolute atomic E-state index is 0.150. The fraction of sp³-hybridized carbons (Fsp3) is 0.261. The van der Waals surface area contributed by atoms with E-state index in [1.54, 1.807) is 24.3 Å². The Bertz CT molecular complexity index is 1180. The summed E-state index contributed by atoms with van der Waals surface area (Å²) >= 11 is 1.35. The van der Waals surface area contributed by atoms with Gasteiger partial charge in [0, 0.05) is 18.2 Å². The first-order valence-electron chi connectivity index (χ1n) is 9.68. The molecule has 7 heteroatoms. The maximum atomic E-state index is 12.8. The topological polar surface area (TPSA) is 72.7 Å². The minimum atomic E-state index is -0.365. The number of carbonyl (C=O) groups is 2. The minimum Gasteiger partial charge on any atom is -0.494 e. The van der Waals surface area contributed by atoms with Gasteiger partial charge in [-0.2, -0.15) is 4.99 Å². The number of nitrogens with one attached hydrogen (secondary N) is 1. The van der Waals surface area contributed by atoms with Crippen LogP contribution in [0.5, 0.6) is 5.75 Å². The van der Waals surface area contributed by atoms with Gasteiger partial charge in [0.05, 0.1) is 23.4 Å². The van der Waals surface area contributed by atoms with Gasteiger partial charge in [0.2, 0.25) is 5.91 Å². The quantitative estimate of drug-likeness (QED) is 0.459. The van der Waals surface area contributed by atoms with Crippen LogP contribution in [-0.4, -0.2) is 23.0 Å². The van der Waals surface area contributed by atoms with Crippen LogP contribution in [0.15, 0.2) is 47.5 Å². The summed E-state index contributed by atoms with van der Waals surface area (Å²) in [6.07, 6.45) is 7.52. The molecule has 2 aromatic carbocycles. The maximum absolute atomic E-state index is 12.8. The molecule has 1 aromatic heterocycles. The standard InChI is InChI=1S/C23H23N3O3S/c1-4-6-13-29-19-9-7-8-17(14-19)22(28)25-23-26(12-5-2)20-11-10-18(24-16(3)27)15-21(20)30-23/h2,7-11,14-15H,4,6,12-13H2,1,3H3,(H,24,27). The van der Waals surface area contributed by atoms with E-state index in [0.29, 0.717) is 28.4 Å². The highest BCUT2D eigenvalue weighted by Crippen LogP contribution is 2.22. The van der Waals surface area contributed by atoms with E-state index in [2.05, 4.69) is 23.2 Å². The fourth-order valence-electron chi connectivity index (χ4n) is 2.89. The van der Waals surface area contributed by atoms with Gasteiger partial charge in [-0.05, 0) is 42.8 Å². The van der Waals surface area contributed by atoms with E-state index >= 15 is 0 Å². The van der Waals surface area contributed by atoms with E-state index in [0.717, 1.165) is 23.1 Å². The van der Waals surface area contributed by atoms with Crippen molar-refractivity contribution in [3.8, 4) is 18.1 Å². The highest BCUT2D eigenvalue weighted by Gasteiger charge is 2.11. The summed E-state index contributed by atoms with van der Waals surface area (Å²) < 4.78 is 8.38. The lowest BCUT2D eigenvalue weighted by Crippen LogP contribution is -2.16. The summed E-state index contributed by atoms with van der Waals surface area (Å²) in [5.74, 6) is 2.74. The number of fused-ring (bicyclic) bond motifs is 1. The Morgan fingerprint density at radius 3 is 2.83 bits per heavy atom. The molecule has 154 valence electrons. The summed E-state index contributed by atoms with van der Waals surface area (Å²) in [7, 11) is 0. The van der Waals surface area contributed by atoms with Gasteiger partial charge in [-0.15, -0.1) is 6.42 Å². The number of carbonyl (C=O) groups excluding carboxylic acids is 2. The van der Waals surface area contributed by atoms with Crippen molar-refractivity contribution in [2.24, 2.45) is 4.99 Å². The molecule has 0 spiro atoms. The Balaban J connectivity index is 1.97. The normalized spacial score (nSPS) is 11.3. The van der Waals surface area contributed by atoms with Crippen LogP contribution >= 0.6 is 11.3 Å². The van der Waals surface area contributed by atoms with Crippen LogP contribution in [0.2, 0.25) is 0 Å². The Morgan fingerprint density at radius 1 is 1.27 bits per heavy atom. The van der Waals surface area contributed by atoms with Crippen molar-refractivity contribution in [2.75, 3.05) is 11.9 Å². The Hall–Kier alpha value is -3.37. The number of unbranched alkanes of at least 4 members (excludes halogenated alkanes) is 1. The van der Waals surface area contributed by atoms with Crippen molar-refractivity contribution >= 4 is 39.1 Å². The van der Waals surface area contributed by atoms with Gasteiger partial charge < -0.3 is 14.6 Å². The molecular formula is C23H23N3O3S. The lowest BCUT2D eigenvalue weighted by molar-refractivity contribution is -0.114. The van der Waals surface area contributed by atoms with Crippen LogP contribution in [0.1, 0.15) is 37.0 Å². The smallest absolute Gasteiger partial charge is 0.279 e. The van der Waals surface area contributed by atoms with Crippen LogP contribution in [0.25, 0.3) is 10.2 Å². The van der Waals surface area contributed by atoms with Gasteiger partial charge in [0.25, 0.3) is 5.91 Å². The molecule has 0 aliphatic carbocycles. The molecule has 3 rings (SSSR count). The molecule has 0 aliphatic rings. The molecule has 0 unspecified atom stereocenters. The zero-order valence-electron chi connectivity index (χ0n) is 17.0. The number of hydrogen-bond acceptors (Lipinski definition) is 4. The van der Waals surface area contributed by atoms with E-state index in [9.17, 15) is 9.59 Å². The summed E-state index contributed by atoms with van der Waals surface area (Å²) in [4.78, 5) is 29.0. The van der Waals surface area contributed by atoms with Crippen molar-refractivity contribution in [3.05, 3.63) is 52.8 Å². The van der Waals surface area contributed by atoms with Gasteiger partial charge in [-0.1, -0.05) is 36.7 Å². The number of nitrogens with zero attached hydrogens (tertiary/aromatic N) is 2. The number of thiazole rings is 1. The van der Waals surface area contributed by atoms with Crippen LogP contribution < -0.4 is 14.9 Å². The maximum Gasteiger partial charge on any atom is 0.279 e. The monoisotopic (exact) mass is 421 g/mol. The zero-order valence-corrected chi connectivity index (χ0v) is 17.8. The molecular weight excluding hydrogens is 398 g/mol.